The van der Waals surface area contributed by atoms with Gasteiger partial charge in [-0.3, -0.25) is 19.9 Å². The number of ether oxygens (including phenoxy) is 1. The minimum Gasteiger partial charge on any atom is -0.385 e. The van der Waals surface area contributed by atoms with Gasteiger partial charge in [-0.05, 0) is 25.0 Å². The first kappa shape index (κ1) is 15.8. The number of nitro benzene ring substituents is 1. The molecule has 7 nitrogen and oxygen atoms in total. The Hall–Kier alpha value is -2.54. The van der Waals surface area contributed by atoms with Gasteiger partial charge in [0.1, 0.15) is 5.69 Å². The summed E-state index contributed by atoms with van der Waals surface area (Å²) >= 11 is 0. The van der Waals surface area contributed by atoms with Crippen LogP contribution in [0.3, 0.4) is 0 Å². The van der Waals surface area contributed by atoms with Crippen LogP contribution < -0.4 is 5.32 Å². The standard InChI is InChI=1S/C15H17N3O4/c1-10-4-5-12(18(20)21)11-6-8-16-14(13(10)11)15(19)17-7-3-9-22-2/h4-6,8H,3,7,9H2,1-2H3,(H,17,19). The number of fused-ring (bicyclic) bond motifs is 1. The summed E-state index contributed by atoms with van der Waals surface area (Å²) < 4.78 is 4.92. The summed E-state index contributed by atoms with van der Waals surface area (Å²) in [5, 5.41) is 14.8. The summed E-state index contributed by atoms with van der Waals surface area (Å²) in [7, 11) is 1.59. The summed E-state index contributed by atoms with van der Waals surface area (Å²) in [4.78, 5) is 27.0. The van der Waals surface area contributed by atoms with E-state index in [1.54, 1.807) is 26.2 Å². The van der Waals surface area contributed by atoms with E-state index in [0.29, 0.717) is 30.3 Å². The number of non-ortho nitro benzene ring substituents is 1. The van der Waals surface area contributed by atoms with Crippen LogP contribution in [-0.4, -0.2) is 36.1 Å². The third-order valence-corrected chi connectivity index (χ3v) is 3.34. The Kier molecular flexibility index (Phi) is 5.00. The SMILES string of the molecule is COCCCNC(=O)c1nccc2c([N+](=O)[O-])ccc(C)c12. The zero-order chi connectivity index (χ0) is 16.1. The van der Waals surface area contributed by atoms with E-state index in [0.717, 1.165) is 5.56 Å². The monoisotopic (exact) mass is 303 g/mol. The second-order valence-electron chi connectivity index (χ2n) is 4.84. The Morgan fingerprint density at radius 2 is 2.18 bits per heavy atom. The summed E-state index contributed by atoms with van der Waals surface area (Å²) in [5.41, 5.74) is 0.947. The van der Waals surface area contributed by atoms with Crippen LogP contribution in [0, 0.1) is 17.0 Å². The number of amides is 1. The quantitative estimate of drug-likeness (QED) is 0.501. The molecule has 0 spiro atoms. The molecule has 0 atom stereocenters. The highest BCUT2D eigenvalue weighted by Crippen LogP contribution is 2.29. The number of pyridine rings is 1. The van der Waals surface area contributed by atoms with Crippen LogP contribution in [0.5, 0.6) is 0 Å². The maximum absolute atomic E-state index is 12.3. The maximum atomic E-state index is 12.3. The number of nitro groups is 1. The normalized spacial score (nSPS) is 10.6. The Morgan fingerprint density at radius 3 is 2.86 bits per heavy atom. The van der Waals surface area contributed by atoms with Crippen molar-refractivity contribution in [1.82, 2.24) is 10.3 Å². The van der Waals surface area contributed by atoms with Crippen molar-refractivity contribution in [3.8, 4) is 0 Å². The molecule has 116 valence electrons. The minimum atomic E-state index is -0.456. The molecule has 1 aromatic heterocycles. The number of rotatable bonds is 6. The smallest absolute Gasteiger partial charge is 0.277 e. The Balaban J connectivity index is 2.40. The zero-order valence-corrected chi connectivity index (χ0v) is 12.5. The second-order valence-corrected chi connectivity index (χ2v) is 4.84. The molecular formula is C15H17N3O4. The highest BCUT2D eigenvalue weighted by atomic mass is 16.6. The zero-order valence-electron chi connectivity index (χ0n) is 12.5. The highest BCUT2D eigenvalue weighted by Gasteiger charge is 2.19. The molecule has 0 saturated heterocycles. The number of benzene rings is 1. The average Bonchev–Trinajstić information content (AvgIpc) is 2.51. The third kappa shape index (κ3) is 3.20. The summed E-state index contributed by atoms with van der Waals surface area (Å²) in [6.45, 7) is 2.81. The van der Waals surface area contributed by atoms with E-state index in [1.165, 1.54) is 12.3 Å². The summed E-state index contributed by atoms with van der Waals surface area (Å²) in [6.07, 6.45) is 2.10. The van der Waals surface area contributed by atoms with Gasteiger partial charge < -0.3 is 10.1 Å². The Labute approximate surface area is 127 Å². The second kappa shape index (κ2) is 6.95. The van der Waals surface area contributed by atoms with Gasteiger partial charge in [-0.15, -0.1) is 0 Å². The topological polar surface area (TPSA) is 94.4 Å². The first-order chi connectivity index (χ1) is 10.6. The third-order valence-electron chi connectivity index (χ3n) is 3.34. The van der Waals surface area contributed by atoms with Crippen molar-refractivity contribution < 1.29 is 14.5 Å². The largest absolute Gasteiger partial charge is 0.385 e. The summed E-state index contributed by atoms with van der Waals surface area (Å²) in [5.74, 6) is -0.342. The van der Waals surface area contributed by atoms with Gasteiger partial charge in [-0.25, -0.2) is 0 Å². The van der Waals surface area contributed by atoms with Gasteiger partial charge in [0.05, 0.1) is 10.3 Å². The fourth-order valence-electron chi connectivity index (χ4n) is 2.28. The lowest BCUT2D eigenvalue weighted by atomic mass is 10.0. The number of carbonyl (C=O) groups is 1. The van der Waals surface area contributed by atoms with Crippen LogP contribution in [0.25, 0.3) is 10.8 Å². The number of aromatic nitrogens is 1. The van der Waals surface area contributed by atoms with Crippen LogP contribution in [0.15, 0.2) is 24.4 Å². The Morgan fingerprint density at radius 1 is 1.41 bits per heavy atom. The number of hydrogen-bond donors (Lipinski definition) is 1. The lowest BCUT2D eigenvalue weighted by molar-refractivity contribution is -0.383. The molecule has 0 saturated carbocycles. The number of methoxy groups -OCH3 is 1. The molecule has 1 heterocycles. The molecule has 1 N–H and O–H groups in total. The predicted octanol–water partition coefficient (Wildman–Crippen LogP) is 2.22. The molecule has 22 heavy (non-hydrogen) atoms. The molecule has 7 heteroatoms. The molecule has 1 aromatic carbocycles. The first-order valence-corrected chi connectivity index (χ1v) is 6.86. The van der Waals surface area contributed by atoms with Gasteiger partial charge in [0, 0.05) is 37.9 Å². The van der Waals surface area contributed by atoms with E-state index in [-0.39, 0.29) is 17.3 Å². The molecule has 0 unspecified atom stereocenters. The number of aryl methyl sites for hydroxylation is 1. The van der Waals surface area contributed by atoms with Crippen molar-refractivity contribution in [3.05, 3.63) is 45.8 Å². The van der Waals surface area contributed by atoms with Crippen molar-refractivity contribution in [2.24, 2.45) is 0 Å². The average molecular weight is 303 g/mol. The van der Waals surface area contributed by atoms with E-state index in [2.05, 4.69) is 10.3 Å². The molecule has 0 fully saturated rings. The maximum Gasteiger partial charge on any atom is 0.277 e. The number of nitrogens with zero attached hydrogens (tertiary/aromatic N) is 2. The lowest BCUT2D eigenvalue weighted by Gasteiger charge is -2.09. The van der Waals surface area contributed by atoms with E-state index in [1.807, 2.05) is 0 Å². The summed E-state index contributed by atoms with van der Waals surface area (Å²) in [6, 6.07) is 4.63. The van der Waals surface area contributed by atoms with Gasteiger partial charge in [0.25, 0.3) is 11.6 Å². The number of carbonyl (C=O) groups excluding carboxylic acids is 1. The van der Waals surface area contributed by atoms with E-state index < -0.39 is 4.92 Å². The molecule has 2 aromatic rings. The van der Waals surface area contributed by atoms with E-state index >= 15 is 0 Å². The van der Waals surface area contributed by atoms with Crippen LogP contribution in [0.4, 0.5) is 5.69 Å². The molecule has 0 aliphatic carbocycles. The fourth-order valence-corrected chi connectivity index (χ4v) is 2.28. The first-order valence-electron chi connectivity index (χ1n) is 6.86. The van der Waals surface area contributed by atoms with Gasteiger partial charge in [-0.1, -0.05) is 6.07 Å². The molecule has 2 rings (SSSR count). The van der Waals surface area contributed by atoms with Crippen LogP contribution >= 0.6 is 0 Å². The van der Waals surface area contributed by atoms with Gasteiger partial charge in [0.15, 0.2) is 0 Å². The van der Waals surface area contributed by atoms with Crippen LogP contribution in [0.1, 0.15) is 22.5 Å². The minimum absolute atomic E-state index is 0.0311. The molecular weight excluding hydrogens is 286 g/mol. The van der Waals surface area contributed by atoms with Gasteiger partial charge >= 0.3 is 0 Å². The van der Waals surface area contributed by atoms with E-state index in [4.69, 9.17) is 4.74 Å². The van der Waals surface area contributed by atoms with Gasteiger partial charge in [-0.2, -0.15) is 0 Å². The molecule has 0 aliphatic rings. The van der Waals surface area contributed by atoms with Crippen molar-refractivity contribution in [2.45, 2.75) is 13.3 Å². The lowest BCUT2D eigenvalue weighted by Crippen LogP contribution is -2.26. The number of hydrogen-bond acceptors (Lipinski definition) is 5. The molecule has 0 bridgehead atoms. The van der Waals surface area contributed by atoms with Crippen LogP contribution in [0.2, 0.25) is 0 Å². The van der Waals surface area contributed by atoms with Crippen molar-refractivity contribution in [3.63, 3.8) is 0 Å². The number of nitrogens with one attached hydrogen (secondary N) is 1. The molecule has 0 aliphatic heterocycles. The molecule has 1 amide bonds. The van der Waals surface area contributed by atoms with E-state index in [9.17, 15) is 14.9 Å². The highest BCUT2D eigenvalue weighted by molar-refractivity contribution is 6.08. The van der Waals surface area contributed by atoms with Crippen molar-refractivity contribution >= 4 is 22.4 Å². The van der Waals surface area contributed by atoms with Crippen molar-refractivity contribution in [2.75, 3.05) is 20.3 Å². The Bertz CT molecular complexity index is 715. The van der Waals surface area contributed by atoms with Crippen molar-refractivity contribution in [1.29, 1.82) is 0 Å². The van der Waals surface area contributed by atoms with Gasteiger partial charge in [0.2, 0.25) is 0 Å². The molecule has 0 radical (unpaired) electrons. The van der Waals surface area contributed by atoms with Crippen LogP contribution in [-0.2, 0) is 4.74 Å². The predicted molar refractivity (Wildman–Crippen MR) is 82.0 cm³/mol. The fraction of sp³-hybridized carbons (Fsp3) is 0.333.